The summed E-state index contributed by atoms with van der Waals surface area (Å²) in [5.41, 5.74) is 0.557. The lowest BCUT2D eigenvalue weighted by atomic mass is 9.92. The second-order valence-corrected chi connectivity index (χ2v) is 6.09. The highest BCUT2D eigenvalue weighted by Crippen LogP contribution is 2.19. The van der Waals surface area contributed by atoms with Crippen molar-refractivity contribution in [3.05, 3.63) is 23.9 Å². The molecule has 6 nitrogen and oxygen atoms in total. The van der Waals surface area contributed by atoms with Crippen LogP contribution in [0.5, 0.6) is 5.88 Å². The van der Waals surface area contributed by atoms with Crippen molar-refractivity contribution >= 4 is 5.91 Å². The molecule has 1 amide bonds. The fourth-order valence-electron chi connectivity index (χ4n) is 3.27. The van der Waals surface area contributed by atoms with Gasteiger partial charge in [-0.2, -0.15) is 0 Å². The summed E-state index contributed by atoms with van der Waals surface area (Å²) in [5.74, 6) is 0.988. The van der Waals surface area contributed by atoms with E-state index in [-0.39, 0.29) is 5.91 Å². The molecule has 0 aliphatic carbocycles. The summed E-state index contributed by atoms with van der Waals surface area (Å²) in [5, 5.41) is 3.08. The average Bonchev–Trinajstić information content (AvgIpc) is 2.65. The number of rotatable bonds is 8. The van der Waals surface area contributed by atoms with Crippen molar-refractivity contribution in [2.75, 3.05) is 40.0 Å². The van der Waals surface area contributed by atoms with Gasteiger partial charge in [0, 0.05) is 37.9 Å². The lowest BCUT2D eigenvalue weighted by Gasteiger charge is -2.38. The summed E-state index contributed by atoms with van der Waals surface area (Å²) in [6.07, 6.45) is 3.77. The van der Waals surface area contributed by atoms with Crippen LogP contribution in [0.25, 0.3) is 0 Å². The summed E-state index contributed by atoms with van der Waals surface area (Å²) in [7, 11) is 1.56. The first-order valence-electron chi connectivity index (χ1n) is 8.79. The van der Waals surface area contributed by atoms with Crippen molar-refractivity contribution in [2.45, 2.75) is 32.7 Å². The summed E-state index contributed by atoms with van der Waals surface area (Å²) in [6.45, 7) is 8.49. The molecular weight excluding hydrogens is 306 g/mol. The maximum absolute atomic E-state index is 12.4. The van der Waals surface area contributed by atoms with Crippen LogP contribution in [0.15, 0.2) is 18.3 Å². The molecule has 2 heterocycles. The Balaban J connectivity index is 1.98. The number of nitrogens with one attached hydrogen (secondary N) is 1. The molecule has 0 spiro atoms. The number of hydrogen-bond acceptors (Lipinski definition) is 5. The number of morpholine rings is 1. The zero-order chi connectivity index (χ0) is 17.4. The monoisotopic (exact) mass is 335 g/mol. The van der Waals surface area contributed by atoms with Crippen LogP contribution in [-0.4, -0.2) is 61.8 Å². The molecule has 1 aromatic heterocycles. The molecule has 1 aromatic rings. The molecule has 1 aliphatic rings. The molecule has 0 radical (unpaired) electrons. The largest absolute Gasteiger partial charge is 0.481 e. The number of methoxy groups -OCH3 is 1. The second kappa shape index (κ2) is 9.59. The Bertz CT molecular complexity index is 497. The van der Waals surface area contributed by atoms with Gasteiger partial charge in [0.05, 0.1) is 25.9 Å². The third-order valence-electron chi connectivity index (χ3n) is 4.79. The zero-order valence-electron chi connectivity index (χ0n) is 15.0. The van der Waals surface area contributed by atoms with Crippen LogP contribution in [0.1, 0.15) is 37.0 Å². The second-order valence-electron chi connectivity index (χ2n) is 6.09. The molecule has 0 saturated carbocycles. The number of hydrogen-bond donors (Lipinski definition) is 1. The number of carbonyl (C=O) groups excluding carboxylic acids is 1. The zero-order valence-corrected chi connectivity index (χ0v) is 15.0. The highest BCUT2D eigenvalue weighted by Gasteiger charge is 2.27. The molecule has 1 fully saturated rings. The van der Waals surface area contributed by atoms with E-state index in [4.69, 9.17) is 9.47 Å². The van der Waals surface area contributed by atoms with E-state index in [1.54, 1.807) is 25.4 Å². The van der Waals surface area contributed by atoms with Gasteiger partial charge in [-0.3, -0.25) is 9.69 Å². The van der Waals surface area contributed by atoms with E-state index in [1.807, 2.05) is 0 Å². The van der Waals surface area contributed by atoms with Crippen LogP contribution >= 0.6 is 0 Å². The molecule has 1 aliphatic heterocycles. The fourth-order valence-corrected chi connectivity index (χ4v) is 3.27. The van der Waals surface area contributed by atoms with Crippen molar-refractivity contribution in [1.29, 1.82) is 0 Å². The quantitative estimate of drug-likeness (QED) is 0.787. The first kappa shape index (κ1) is 18.7. The summed E-state index contributed by atoms with van der Waals surface area (Å²) in [4.78, 5) is 18.9. The van der Waals surface area contributed by atoms with Crippen molar-refractivity contribution in [3.63, 3.8) is 0 Å². The van der Waals surface area contributed by atoms with Gasteiger partial charge in [-0.25, -0.2) is 4.98 Å². The summed E-state index contributed by atoms with van der Waals surface area (Å²) >= 11 is 0. The van der Waals surface area contributed by atoms with E-state index in [9.17, 15) is 4.79 Å². The first-order valence-corrected chi connectivity index (χ1v) is 8.79. The third-order valence-corrected chi connectivity index (χ3v) is 4.79. The number of nitrogens with zero attached hydrogens (tertiary/aromatic N) is 2. The molecule has 1 saturated heterocycles. The lowest BCUT2D eigenvalue weighted by Crippen LogP contribution is -2.52. The predicted molar refractivity (Wildman–Crippen MR) is 93.4 cm³/mol. The third kappa shape index (κ3) is 4.92. The van der Waals surface area contributed by atoms with Gasteiger partial charge in [0.1, 0.15) is 0 Å². The highest BCUT2D eigenvalue weighted by atomic mass is 16.5. The van der Waals surface area contributed by atoms with Crippen molar-refractivity contribution in [1.82, 2.24) is 15.2 Å². The van der Waals surface area contributed by atoms with Crippen LogP contribution in [0.2, 0.25) is 0 Å². The summed E-state index contributed by atoms with van der Waals surface area (Å²) < 4.78 is 10.5. The molecule has 1 atom stereocenters. The van der Waals surface area contributed by atoms with Gasteiger partial charge in [-0.05, 0) is 12.0 Å². The minimum absolute atomic E-state index is 0.0885. The molecule has 0 bridgehead atoms. The minimum Gasteiger partial charge on any atom is -0.481 e. The Morgan fingerprint density at radius 3 is 2.58 bits per heavy atom. The SMILES string of the molecule is CCC(CC)C(CNC(=O)c1ccc(OC)nc1)N1CCOCC1. The van der Waals surface area contributed by atoms with Crippen molar-refractivity contribution in [2.24, 2.45) is 5.92 Å². The predicted octanol–water partition coefficient (Wildman–Crippen LogP) is 1.96. The smallest absolute Gasteiger partial charge is 0.252 e. The molecular formula is C18H29N3O3. The number of carbonyl (C=O) groups is 1. The maximum Gasteiger partial charge on any atom is 0.252 e. The van der Waals surface area contributed by atoms with Gasteiger partial charge in [0.25, 0.3) is 5.91 Å². The van der Waals surface area contributed by atoms with E-state index < -0.39 is 0 Å². The van der Waals surface area contributed by atoms with E-state index in [0.29, 0.717) is 29.9 Å². The van der Waals surface area contributed by atoms with Crippen LogP contribution < -0.4 is 10.1 Å². The van der Waals surface area contributed by atoms with E-state index in [1.165, 1.54) is 0 Å². The highest BCUT2D eigenvalue weighted by molar-refractivity contribution is 5.93. The Kier molecular flexibility index (Phi) is 7.46. The van der Waals surface area contributed by atoms with E-state index >= 15 is 0 Å². The molecule has 134 valence electrons. The molecule has 2 rings (SSSR count). The topological polar surface area (TPSA) is 63.7 Å². The van der Waals surface area contributed by atoms with Gasteiger partial charge in [-0.15, -0.1) is 0 Å². The number of pyridine rings is 1. The average molecular weight is 335 g/mol. The number of ether oxygens (including phenoxy) is 2. The van der Waals surface area contributed by atoms with Gasteiger partial charge in [0.2, 0.25) is 5.88 Å². The molecule has 1 N–H and O–H groups in total. The van der Waals surface area contributed by atoms with Gasteiger partial charge in [0.15, 0.2) is 0 Å². The van der Waals surface area contributed by atoms with E-state index in [0.717, 1.165) is 39.1 Å². The normalized spacial score (nSPS) is 16.8. The Morgan fingerprint density at radius 2 is 2.04 bits per heavy atom. The first-order chi connectivity index (χ1) is 11.7. The van der Waals surface area contributed by atoms with Crippen LogP contribution in [0.3, 0.4) is 0 Å². The van der Waals surface area contributed by atoms with Crippen LogP contribution in [-0.2, 0) is 4.74 Å². The van der Waals surface area contributed by atoms with Crippen LogP contribution in [0.4, 0.5) is 0 Å². The van der Waals surface area contributed by atoms with Crippen molar-refractivity contribution in [3.8, 4) is 5.88 Å². The van der Waals surface area contributed by atoms with Gasteiger partial charge < -0.3 is 14.8 Å². The number of amides is 1. The Morgan fingerprint density at radius 1 is 1.33 bits per heavy atom. The minimum atomic E-state index is -0.0885. The summed E-state index contributed by atoms with van der Waals surface area (Å²) in [6, 6.07) is 3.79. The van der Waals surface area contributed by atoms with E-state index in [2.05, 4.69) is 29.0 Å². The Hall–Kier alpha value is -1.66. The molecule has 24 heavy (non-hydrogen) atoms. The Labute approximate surface area is 144 Å². The molecule has 0 aromatic carbocycles. The van der Waals surface area contributed by atoms with Crippen molar-refractivity contribution < 1.29 is 14.3 Å². The number of aromatic nitrogens is 1. The van der Waals surface area contributed by atoms with Gasteiger partial charge >= 0.3 is 0 Å². The lowest BCUT2D eigenvalue weighted by molar-refractivity contribution is 0.00191. The maximum atomic E-state index is 12.4. The van der Waals surface area contributed by atoms with Crippen LogP contribution in [0, 0.1) is 5.92 Å². The van der Waals surface area contributed by atoms with Gasteiger partial charge in [-0.1, -0.05) is 26.7 Å². The molecule has 6 heteroatoms. The molecule has 1 unspecified atom stereocenters. The standard InChI is InChI=1S/C18H29N3O3/c1-4-14(5-2)16(21-8-10-24-11-9-21)13-20-18(22)15-6-7-17(23-3)19-12-15/h6-7,12,14,16H,4-5,8-11,13H2,1-3H3,(H,20,22). The fraction of sp³-hybridized carbons (Fsp3) is 0.667.